The van der Waals surface area contributed by atoms with Crippen LogP contribution >= 0.6 is 15.9 Å². The van der Waals surface area contributed by atoms with Crippen LogP contribution in [0.2, 0.25) is 0 Å². The molecule has 0 unspecified atom stereocenters. The second kappa shape index (κ2) is 9.34. The third kappa shape index (κ3) is 5.54. The van der Waals surface area contributed by atoms with E-state index in [4.69, 9.17) is 0 Å². The largest absolute Gasteiger partial charge is 0.376 e. The van der Waals surface area contributed by atoms with Gasteiger partial charge in [-0.3, -0.25) is 4.79 Å². The number of nitrogens with one attached hydrogen (secondary N) is 2. The molecule has 2 N–H and O–H groups in total. The van der Waals surface area contributed by atoms with Crippen molar-refractivity contribution in [3.63, 3.8) is 0 Å². The molecule has 0 bridgehead atoms. The van der Waals surface area contributed by atoms with E-state index in [9.17, 15) is 13.2 Å². The Morgan fingerprint density at radius 1 is 1.07 bits per heavy atom. The molecule has 0 aliphatic heterocycles. The summed E-state index contributed by atoms with van der Waals surface area (Å²) in [5, 5.41) is 5.79. The van der Waals surface area contributed by atoms with Gasteiger partial charge in [0, 0.05) is 28.9 Å². The van der Waals surface area contributed by atoms with Gasteiger partial charge < -0.3 is 10.6 Å². The van der Waals surface area contributed by atoms with Crippen molar-refractivity contribution in [1.82, 2.24) is 4.31 Å². The van der Waals surface area contributed by atoms with Crippen LogP contribution in [0, 0.1) is 6.92 Å². The lowest BCUT2D eigenvalue weighted by Gasteiger charge is -2.19. The van der Waals surface area contributed by atoms with Gasteiger partial charge in [-0.2, -0.15) is 4.31 Å². The van der Waals surface area contributed by atoms with Gasteiger partial charge in [-0.1, -0.05) is 35.8 Å². The van der Waals surface area contributed by atoms with Crippen molar-refractivity contribution < 1.29 is 13.2 Å². The topological polar surface area (TPSA) is 78.5 Å². The maximum absolute atomic E-state index is 12.6. The normalized spacial score (nSPS) is 11.4. The van der Waals surface area contributed by atoms with Crippen molar-refractivity contribution in [3.8, 4) is 0 Å². The molecule has 2 rings (SSSR count). The molecule has 8 heteroatoms. The highest BCUT2D eigenvalue weighted by atomic mass is 79.9. The average molecular weight is 454 g/mol. The Morgan fingerprint density at radius 2 is 1.78 bits per heavy atom. The highest BCUT2D eigenvalue weighted by molar-refractivity contribution is 9.10. The summed E-state index contributed by atoms with van der Waals surface area (Å²) in [5.41, 5.74) is 2.35. The van der Waals surface area contributed by atoms with E-state index in [0.29, 0.717) is 18.8 Å². The van der Waals surface area contributed by atoms with E-state index in [1.54, 1.807) is 26.0 Å². The minimum atomic E-state index is -3.56. The minimum Gasteiger partial charge on any atom is -0.376 e. The van der Waals surface area contributed by atoms with Crippen molar-refractivity contribution in [2.24, 2.45) is 0 Å². The Kier molecular flexibility index (Phi) is 7.41. The minimum absolute atomic E-state index is 0.0775. The molecule has 1 amide bonds. The Morgan fingerprint density at radius 3 is 2.41 bits per heavy atom. The van der Waals surface area contributed by atoms with E-state index in [1.807, 2.05) is 25.1 Å². The number of halogens is 1. The van der Waals surface area contributed by atoms with Gasteiger partial charge in [0.25, 0.3) is 0 Å². The predicted molar refractivity (Wildman–Crippen MR) is 113 cm³/mol. The molecular formula is C19H24BrN3O3S. The van der Waals surface area contributed by atoms with Gasteiger partial charge in [-0.05, 0) is 48.9 Å². The SMILES string of the molecule is CCN(CC)S(=O)(=O)c1cccc(NC(=O)CNc2ccc(Br)c(C)c2)c1. The fourth-order valence-electron chi connectivity index (χ4n) is 2.59. The second-order valence-electron chi connectivity index (χ2n) is 5.98. The summed E-state index contributed by atoms with van der Waals surface area (Å²) >= 11 is 3.44. The van der Waals surface area contributed by atoms with Crippen LogP contribution in [0.25, 0.3) is 0 Å². The summed E-state index contributed by atoms with van der Waals surface area (Å²) in [4.78, 5) is 12.4. The van der Waals surface area contributed by atoms with Crippen LogP contribution < -0.4 is 10.6 Å². The molecule has 0 spiro atoms. The van der Waals surface area contributed by atoms with E-state index in [0.717, 1.165) is 15.7 Å². The molecule has 6 nitrogen and oxygen atoms in total. The molecule has 2 aromatic carbocycles. The number of amides is 1. The van der Waals surface area contributed by atoms with Gasteiger partial charge in [0.1, 0.15) is 0 Å². The lowest BCUT2D eigenvalue weighted by atomic mass is 10.2. The summed E-state index contributed by atoms with van der Waals surface area (Å²) in [6, 6.07) is 12.0. The molecular weight excluding hydrogens is 430 g/mol. The first-order valence-electron chi connectivity index (χ1n) is 8.68. The fraction of sp³-hybridized carbons (Fsp3) is 0.316. The van der Waals surface area contributed by atoms with E-state index >= 15 is 0 Å². The average Bonchev–Trinajstić information content (AvgIpc) is 2.64. The van der Waals surface area contributed by atoms with E-state index < -0.39 is 10.0 Å². The zero-order valence-electron chi connectivity index (χ0n) is 15.6. The Balaban J connectivity index is 2.05. The molecule has 0 radical (unpaired) electrons. The monoisotopic (exact) mass is 453 g/mol. The first-order valence-corrected chi connectivity index (χ1v) is 10.9. The summed E-state index contributed by atoms with van der Waals surface area (Å²) in [7, 11) is -3.56. The Hall–Kier alpha value is -1.90. The zero-order valence-corrected chi connectivity index (χ0v) is 18.0. The van der Waals surface area contributed by atoms with Gasteiger partial charge in [0.15, 0.2) is 0 Å². The highest BCUT2D eigenvalue weighted by Crippen LogP contribution is 2.21. The molecule has 2 aromatic rings. The molecule has 0 atom stereocenters. The van der Waals surface area contributed by atoms with Crippen molar-refractivity contribution in [1.29, 1.82) is 0 Å². The summed E-state index contributed by atoms with van der Waals surface area (Å²) in [6.07, 6.45) is 0. The molecule has 0 heterocycles. The molecule has 0 saturated carbocycles. The van der Waals surface area contributed by atoms with E-state index in [-0.39, 0.29) is 17.3 Å². The van der Waals surface area contributed by atoms with Crippen molar-refractivity contribution in [2.75, 3.05) is 30.3 Å². The molecule has 0 aliphatic rings. The quantitative estimate of drug-likeness (QED) is 0.636. The predicted octanol–water partition coefficient (Wildman–Crippen LogP) is 3.84. The first-order chi connectivity index (χ1) is 12.8. The van der Waals surface area contributed by atoms with Crippen LogP contribution in [0.1, 0.15) is 19.4 Å². The molecule has 146 valence electrons. The van der Waals surface area contributed by atoms with Gasteiger partial charge in [0.2, 0.25) is 15.9 Å². The number of sulfonamides is 1. The van der Waals surface area contributed by atoms with Crippen LogP contribution in [0.4, 0.5) is 11.4 Å². The number of benzene rings is 2. The Bertz CT molecular complexity index is 912. The van der Waals surface area contributed by atoms with E-state index in [1.165, 1.54) is 16.4 Å². The smallest absolute Gasteiger partial charge is 0.243 e. The van der Waals surface area contributed by atoms with Crippen molar-refractivity contribution in [3.05, 3.63) is 52.5 Å². The number of rotatable bonds is 8. The summed E-state index contributed by atoms with van der Waals surface area (Å²) < 4.78 is 27.6. The summed E-state index contributed by atoms with van der Waals surface area (Å²) in [6.45, 7) is 6.42. The molecule has 0 fully saturated rings. The highest BCUT2D eigenvalue weighted by Gasteiger charge is 2.21. The van der Waals surface area contributed by atoms with Crippen molar-refractivity contribution in [2.45, 2.75) is 25.7 Å². The number of hydrogen-bond donors (Lipinski definition) is 2. The Labute approximate surface area is 169 Å². The van der Waals surface area contributed by atoms with Crippen LogP contribution in [0.5, 0.6) is 0 Å². The molecule has 27 heavy (non-hydrogen) atoms. The van der Waals surface area contributed by atoms with Crippen LogP contribution in [-0.4, -0.2) is 38.3 Å². The van der Waals surface area contributed by atoms with Gasteiger partial charge >= 0.3 is 0 Å². The number of hydrogen-bond acceptors (Lipinski definition) is 4. The number of carbonyl (C=O) groups is 1. The van der Waals surface area contributed by atoms with Gasteiger partial charge in [0.05, 0.1) is 11.4 Å². The zero-order chi connectivity index (χ0) is 20.0. The maximum atomic E-state index is 12.6. The standard InChI is InChI=1S/C19H24BrN3O3S/c1-4-23(5-2)27(25,26)17-8-6-7-16(12-17)22-19(24)13-21-15-9-10-18(20)14(3)11-15/h6-12,21H,4-5,13H2,1-3H3,(H,22,24). The van der Waals surface area contributed by atoms with Gasteiger partial charge in [-0.15, -0.1) is 0 Å². The van der Waals surface area contributed by atoms with Gasteiger partial charge in [-0.25, -0.2) is 8.42 Å². The fourth-order valence-corrected chi connectivity index (χ4v) is 4.34. The second-order valence-corrected chi connectivity index (χ2v) is 8.78. The third-order valence-corrected chi connectivity index (χ3v) is 7.01. The lowest BCUT2D eigenvalue weighted by Crippen LogP contribution is -2.30. The lowest BCUT2D eigenvalue weighted by molar-refractivity contribution is -0.114. The maximum Gasteiger partial charge on any atom is 0.243 e. The number of nitrogens with zero attached hydrogens (tertiary/aromatic N) is 1. The van der Waals surface area contributed by atoms with E-state index in [2.05, 4.69) is 26.6 Å². The molecule has 0 aromatic heterocycles. The number of anilines is 2. The third-order valence-electron chi connectivity index (χ3n) is 4.07. The number of carbonyl (C=O) groups excluding carboxylic acids is 1. The molecule has 0 aliphatic carbocycles. The first kappa shape index (κ1) is 21.4. The molecule has 0 saturated heterocycles. The van der Waals surface area contributed by atoms with Crippen molar-refractivity contribution >= 4 is 43.2 Å². The van der Waals surface area contributed by atoms with Crippen LogP contribution in [0.3, 0.4) is 0 Å². The number of aryl methyl sites for hydroxylation is 1. The van der Waals surface area contributed by atoms with Crippen LogP contribution in [0.15, 0.2) is 51.8 Å². The summed E-state index contributed by atoms with van der Waals surface area (Å²) in [5.74, 6) is -0.257. The van der Waals surface area contributed by atoms with Crippen LogP contribution in [-0.2, 0) is 14.8 Å².